The van der Waals surface area contributed by atoms with E-state index in [1.54, 1.807) is 13.1 Å². The lowest BCUT2D eigenvalue weighted by Gasteiger charge is -1.98. The first-order valence-corrected chi connectivity index (χ1v) is 7.10. The van der Waals surface area contributed by atoms with E-state index >= 15 is 0 Å². The van der Waals surface area contributed by atoms with E-state index < -0.39 is 0 Å². The van der Waals surface area contributed by atoms with Gasteiger partial charge in [0.15, 0.2) is 0 Å². The number of nitrogens with one attached hydrogen (secondary N) is 1. The van der Waals surface area contributed by atoms with Crippen molar-refractivity contribution in [1.82, 2.24) is 4.98 Å². The van der Waals surface area contributed by atoms with Crippen LogP contribution in [0.1, 0.15) is 18.2 Å². The van der Waals surface area contributed by atoms with Gasteiger partial charge in [-0.25, -0.2) is 4.98 Å². The molecule has 2 rings (SSSR count). The number of nitrogens with zero attached hydrogens (tertiary/aromatic N) is 2. The summed E-state index contributed by atoms with van der Waals surface area (Å²) >= 11 is 1.40. The lowest BCUT2D eigenvalue weighted by atomic mass is 10.2. The highest BCUT2D eigenvalue weighted by Gasteiger charge is 2.07. The zero-order valence-corrected chi connectivity index (χ0v) is 11.9. The topological polar surface area (TPSA) is 63.6 Å². The highest BCUT2D eigenvalue weighted by molar-refractivity contribution is 7.13. The van der Waals surface area contributed by atoms with Crippen molar-refractivity contribution in [2.24, 2.45) is 5.10 Å². The van der Waals surface area contributed by atoms with Crippen LogP contribution in [0.4, 0.5) is 5.13 Å². The number of ether oxygens (including phenoxy) is 1. The fraction of sp³-hybridized carbons (Fsp3) is 0.214. The summed E-state index contributed by atoms with van der Waals surface area (Å²) in [5, 5.41) is 6.56. The molecule has 0 aliphatic heterocycles. The van der Waals surface area contributed by atoms with Crippen molar-refractivity contribution < 1.29 is 9.53 Å². The smallest absolute Gasteiger partial charge is 0.311 e. The van der Waals surface area contributed by atoms with E-state index in [0.717, 1.165) is 5.56 Å². The Morgan fingerprint density at radius 2 is 2.25 bits per heavy atom. The molecule has 0 saturated carbocycles. The van der Waals surface area contributed by atoms with Gasteiger partial charge in [0, 0.05) is 5.38 Å². The Balaban J connectivity index is 1.87. The van der Waals surface area contributed by atoms with E-state index in [1.165, 1.54) is 11.3 Å². The molecule has 1 N–H and O–H groups in total. The average Bonchev–Trinajstić information content (AvgIpc) is 2.88. The van der Waals surface area contributed by atoms with Gasteiger partial charge in [0.2, 0.25) is 5.13 Å². The normalized spacial score (nSPS) is 10.7. The second kappa shape index (κ2) is 7.40. The van der Waals surface area contributed by atoms with E-state index in [-0.39, 0.29) is 12.4 Å². The molecule has 1 aromatic carbocycles. The first-order valence-electron chi connectivity index (χ1n) is 6.22. The van der Waals surface area contributed by atoms with Gasteiger partial charge in [0.05, 0.1) is 24.9 Å². The van der Waals surface area contributed by atoms with Gasteiger partial charge in [0.25, 0.3) is 0 Å². The monoisotopic (exact) mass is 289 g/mol. The number of thiazole rings is 1. The molecule has 0 spiro atoms. The average molecular weight is 289 g/mol. The number of hydrazone groups is 1. The van der Waals surface area contributed by atoms with Crippen molar-refractivity contribution >= 4 is 28.7 Å². The molecule has 1 heterocycles. The molecular weight excluding hydrogens is 274 g/mol. The van der Waals surface area contributed by atoms with Crippen LogP contribution in [-0.4, -0.2) is 23.8 Å². The van der Waals surface area contributed by atoms with Crippen LogP contribution in [0, 0.1) is 0 Å². The lowest BCUT2D eigenvalue weighted by molar-refractivity contribution is -0.142. The Morgan fingerprint density at radius 1 is 1.45 bits per heavy atom. The summed E-state index contributed by atoms with van der Waals surface area (Å²) in [7, 11) is 0. The van der Waals surface area contributed by atoms with Crippen molar-refractivity contribution in [3.05, 3.63) is 47.0 Å². The number of carbonyl (C=O) groups excluding carboxylic acids is 1. The molecule has 0 unspecified atom stereocenters. The third-order valence-corrected chi connectivity index (χ3v) is 3.15. The first-order chi connectivity index (χ1) is 9.78. The minimum absolute atomic E-state index is 0.189. The summed E-state index contributed by atoms with van der Waals surface area (Å²) < 4.78 is 4.87. The highest BCUT2D eigenvalue weighted by Crippen LogP contribution is 2.15. The van der Waals surface area contributed by atoms with Gasteiger partial charge in [-0.3, -0.25) is 10.2 Å². The number of esters is 1. The number of benzene rings is 1. The number of hydrogen-bond acceptors (Lipinski definition) is 6. The van der Waals surface area contributed by atoms with E-state index in [2.05, 4.69) is 15.5 Å². The minimum atomic E-state index is -0.267. The zero-order valence-electron chi connectivity index (χ0n) is 11.1. The van der Waals surface area contributed by atoms with Gasteiger partial charge in [-0.05, 0) is 12.5 Å². The second-order valence-corrected chi connectivity index (χ2v) is 4.76. The summed E-state index contributed by atoms with van der Waals surface area (Å²) in [5.74, 6) is -0.267. The fourth-order valence-corrected chi connectivity index (χ4v) is 2.16. The van der Waals surface area contributed by atoms with Gasteiger partial charge in [0.1, 0.15) is 0 Å². The van der Waals surface area contributed by atoms with Crippen molar-refractivity contribution in [2.45, 2.75) is 13.3 Å². The Labute approximate surface area is 121 Å². The van der Waals surface area contributed by atoms with Crippen molar-refractivity contribution in [3.63, 3.8) is 0 Å². The maximum Gasteiger partial charge on any atom is 0.311 e. The molecule has 6 heteroatoms. The Bertz CT molecular complexity index is 581. The Morgan fingerprint density at radius 3 is 3.00 bits per heavy atom. The molecule has 0 aliphatic carbocycles. The van der Waals surface area contributed by atoms with Gasteiger partial charge >= 0.3 is 5.97 Å². The third-order valence-electron chi connectivity index (χ3n) is 2.36. The quantitative estimate of drug-likeness (QED) is 0.504. The van der Waals surface area contributed by atoms with E-state index in [9.17, 15) is 4.79 Å². The summed E-state index contributed by atoms with van der Waals surface area (Å²) in [6, 6.07) is 9.76. The molecule has 2 aromatic rings. The molecule has 0 amide bonds. The molecular formula is C14H15N3O2S. The second-order valence-electron chi connectivity index (χ2n) is 3.91. The van der Waals surface area contributed by atoms with Crippen LogP contribution in [0.5, 0.6) is 0 Å². The molecule has 0 radical (unpaired) electrons. The lowest BCUT2D eigenvalue weighted by Crippen LogP contribution is -2.07. The molecule has 5 nitrogen and oxygen atoms in total. The number of carbonyl (C=O) groups is 1. The Hall–Kier alpha value is -2.21. The fourth-order valence-electron chi connectivity index (χ4n) is 1.50. The summed E-state index contributed by atoms with van der Waals surface area (Å²) in [4.78, 5) is 15.6. The van der Waals surface area contributed by atoms with Crippen molar-refractivity contribution in [1.29, 1.82) is 0 Å². The van der Waals surface area contributed by atoms with Crippen LogP contribution in [0.2, 0.25) is 0 Å². The molecule has 0 atom stereocenters. The predicted molar refractivity (Wildman–Crippen MR) is 80.1 cm³/mol. The van der Waals surface area contributed by atoms with Crippen molar-refractivity contribution in [3.8, 4) is 0 Å². The number of anilines is 1. The largest absolute Gasteiger partial charge is 0.466 e. The first kappa shape index (κ1) is 14.2. The van der Waals surface area contributed by atoms with E-state index in [1.807, 2.05) is 35.7 Å². The Kier molecular flexibility index (Phi) is 5.25. The molecule has 0 bridgehead atoms. The maximum atomic E-state index is 11.3. The summed E-state index contributed by atoms with van der Waals surface area (Å²) in [6.45, 7) is 2.17. The van der Waals surface area contributed by atoms with Crippen LogP contribution in [0.3, 0.4) is 0 Å². The van der Waals surface area contributed by atoms with Gasteiger partial charge in [-0.1, -0.05) is 30.3 Å². The SMILES string of the molecule is CCOC(=O)Cc1csc(N/N=C\c2ccccc2)n1. The maximum absolute atomic E-state index is 11.3. The minimum Gasteiger partial charge on any atom is -0.466 e. The molecule has 1 aromatic heterocycles. The van der Waals surface area contributed by atoms with Gasteiger partial charge < -0.3 is 4.74 Å². The van der Waals surface area contributed by atoms with Crippen LogP contribution in [-0.2, 0) is 16.0 Å². The van der Waals surface area contributed by atoms with Crippen LogP contribution >= 0.6 is 11.3 Å². The van der Waals surface area contributed by atoms with Gasteiger partial charge in [-0.2, -0.15) is 5.10 Å². The molecule has 0 saturated heterocycles. The van der Waals surface area contributed by atoms with E-state index in [4.69, 9.17) is 4.74 Å². The number of aromatic nitrogens is 1. The molecule has 0 aliphatic rings. The van der Waals surface area contributed by atoms with Crippen LogP contribution in [0.25, 0.3) is 0 Å². The van der Waals surface area contributed by atoms with E-state index in [0.29, 0.717) is 17.4 Å². The van der Waals surface area contributed by atoms with Crippen molar-refractivity contribution in [2.75, 3.05) is 12.0 Å². The molecule has 0 fully saturated rings. The standard InChI is InChI=1S/C14H15N3O2S/c1-2-19-13(18)8-12-10-20-14(16-12)17-15-9-11-6-4-3-5-7-11/h3-7,9-10H,2,8H2,1H3,(H,16,17)/b15-9-. The van der Waals surface area contributed by atoms with Crippen LogP contribution in [0.15, 0.2) is 40.8 Å². The molecule has 104 valence electrons. The predicted octanol–water partition coefficient (Wildman–Crippen LogP) is 2.69. The highest BCUT2D eigenvalue weighted by atomic mass is 32.1. The zero-order chi connectivity index (χ0) is 14.2. The molecule has 20 heavy (non-hydrogen) atoms. The summed E-state index contributed by atoms with van der Waals surface area (Å²) in [5.41, 5.74) is 4.53. The van der Waals surface area contributed by atoms with Gasteiger partial charge in [-0.15, -0.1) is 11.3 Å². The number of rotatable bonds is 6. The van der Waals surface area contributed by atoms with Crippen LogP contribution < -0.4 is 5.43 Å². The number of hydrogen-bond donors (Lipinski definition) is 1. The third kappa shape index (κ3) is 4.47. The summed E-state index contributed by atoms with van der Waals surface area (Å²) in [6.07, 6.45) is 1.90.